The van der Waals surface area contributed by atoms with Gasteiger partial charge in [0.15, 0.2) is 11.5 Å². The molecule has 1 aromatic carbocycles. The molecule has 1 aromatic heterocycles. The number of nitrogens with two attached hydrogens (primary N) is 1. The number of nitrogens with zero attached hydrogens (tertiary/aromatic N) is 3. The standard InChI is InChI=1S/C23H29N4O5P/c1-23(2)20(27-19-21(24)25-13-26-22(19)32-23)17-9-7-15(8-10-17)14-3-5-16(6-4-14)18-11-30-33(28,29)31-12-18/h7-10,13-14,16,18H,3-6,11-12H2,1-2H3,(H,28,29)(H2,24,25,26). The van der Waals surface area contributed by atoms with Gasteiger partial charge in [-0.2, -0.15) is 4.98 Å². The molecule has 1 saturated carbocycles. The number of benzene rings is 1. The van der Waals surface area contributed by atoms with Crippen LogP contribution < -0.4 is 10.5 Å². The van der Waals surface area contributed by atoms with Crippen molar-refractivity contribution in [3.8, 4) is 5.88 Å². The van der Waals surface area contributed by atoms with Gasteiger partial charge in [-0.1, -0.05) is 24.3 Å². The Bertz CT molecular complexity index is 1100. The fourth-order valence-corrected chi connectivity index (χ4v) is 5.91. The lowest BCUT2D eigenvalue weighted by Crippen LogP contribution is -2.41. The zero-order valence-corrected chi connectivity index (χ0v) is 19.7. The van der Waals surface area contributed by atoms with Gasteiger partial charge in [-0.05, 0) is 56.9 Å². The molecule has 0 unspecified atom stereocenters. The molecule has 33 heavy (non-hydrogen) atoms. The third kappa shape index (κ3) is 4.55. The number of hydrogen-bond donors (Lipinski definition) is 2. The predicted octanol–water partition coefficient (Wildman–Crippen LogP) is 4.39. The second-order valence-corrected chi connectivity index (χ2v) is 11.0. The summed E-state index contributed by atoms with van der Waals surface area (Å²) in [4.78, 5) is 22.3. The predicted molar refractivity (Wildman–Crippen MR) is 124 cm³/mol. The molecule has 0 bridgehead atoms. The minimum atomic E-state index is -3.81. The Morgan fingerprint density at radius 1 is 1.03 bits per heavy atom. The van der Waals surface area contributed by atoms with Gasteiger partial charge in [0.05, 0.1) is 18.9 Å². The maximum Gasteiger partial charge on any atom is 0.472 e. The third-order valence-electron chi connectivity index (χ3n) is 6.96. The van der Waals surface area contributed by atoms with Crippen LogP contribution in [0.3, 0.4) is 0 Å². The van der Waals surface area contributed by atoms with Crippen LogP contribution in [0, 0.1) is 11.8 Å². The van der Waals surface area contributed by atoms with Crippen LogP contribution in [0.5, 0.6) is 5.88 Å². The Morgan fingerprint density at radius 3 is 2.36 bits per heavy atom. The molecular weight excluding hydrogens is 443 g/mol. The highest BCUT2D eigenvalue weighted by Gasteiger charge is 2.37. The first kappa shape index (κ1) is 22.5. The van der Waals surface area contributed by atoms with Crippen molar-refractivity contribution in [2.75, 3.05) is 18.9 Å². The Kier molecular flexibility index (Phi) is 5.77. The summed E-state index contributed by atoms with van der Waals surface area (Å²) in [6, 6.07) is 8.54. The maximum absolute atomic E-state index is 11.4. The van der Waals surface area contributed by atoms with Crippen LogP contribution in [-0.2, 0) is 13.6 Å². The molecule has 10 heteroatoms. The highest BCUT2D eigenvalue weighted by molar-refractivity contribution is 7.47. The van der Waals surface area contributed by atoms with Crippen LogP contribution in [0.25, 0.3) is 0 Å². The summed E-state index contributed by atoms with van der Waals surface area (Å²) in [5.41, 5.74) is 8.91. The summed E-state index contributed by atoms with van der Waals surface area (Å²) >= 11 is 0. The summed E-state index contributed by atoms with van der Waals surface area (Å²) in [7, 11) is -3.81. The first-order valence-electron chi connectivity index (χ1n) is 11.3. The molecule has 3 heterocycles. The van der Waals surface area contributed by atoms with Gasteiger partial charge in [-0.15, -0.1) is 0 Å². The number of phosphoric acid groups is 1. The van der Waals surface area contributed by atoms with Crippen molar-refractivity contribution < 1.29 is 23.2 Å². The Balaban J connectivity index is 1.27. The second-order valence-electron chi connectivity index (χ2n) is 9.54. The molecule has 1 saturated heterocycles. The SMILES string of the molecule is CC1(C)Oc2ncnc(N)c2N=C1c1ccc(C2CCC(C3COP(=O)(O)OC3)CC2)cc1. The van der Waals surface area contributed by atoms with E-state index < -0.39 is 13.4 Å². The first-order chi connectivity index (χ1) is 15.7. The van der Waals surface area contributed by atoms with Gasteiger partial charge in [0, 0.05) is 11.5 Å². The van der Waals surface area contributed by atoms with Gasteiger partial charge in [-0.25, -0.2) is 14.5 Å². The largest absolute Gasteiger partial charge is 0.472 e. The van der Waals surface area contributed by atoms with Gasteiger partial charge in [-0.3, -0.25) is 9.05 Å². The highest BCUT2D eigenvalue weighted by atomic mass is 31.2. The number of rotatable bonds is 3. The molecule has 1 aliphatic carbocycles. The quantitative estimate of drug-likeness (QED) is 0.630. The average molecular weight is 472 g/mol. The smallest absolute Gasteiger partial charge is 0.463 e. The van der Waals surface area contributed by atoms with E-state index >= 15 is 0 Å². The lowest BCUT2D eigenvalue weighted by Gasteiger charge is -2.36. The van der Waals surface area contributed by atoms with E-state index in [2.05, 4.69) is 34.2 Å². The molecule has 0 spiro atoms. The van der Waals surface area contributed by atoms with Crippen molar-refractivity contribution in [2.45, 2.75) is 51.0 Å². The van der Waals surface area contributed by atoms with Crippen molar-refractivity contribution >= 4 is 25.0 Å². The van der Waals surface area contributed by atoms with E-state index in [9.17, 15) is 9.46 Å². The third-order valence-corrected chi connectivity index (χ3v) is 7.91. The van der Waals surface area contributed by atoms with E-state index in [0.717, 1.165) is 37.0 Å². The van der Waals surface area contributed by atoms with E-state index in [1.165, 1.54) is 11.9 Å². The van der Waals surface area contributed by atoms with Crippen molar-refractivity contribution in [3.05, 3.63) is 41.7 Å². The summed E-state index contributed by atoms with van der Waals surface area (Å²) in [5.74, 6) is 1.85. The summed E-state index contributed by atoms with van der Waals surface area (Å²) in [6.07, 6.45) is 5.65. The van der Waals surface area contributed by atoms with Gasteiger partial charge in [0.2, 0.25) is 5.88 Å². The number of nitrogen functional groups attached to an aromatic ring is 1. The van der Waals surface area contributed by atoms with Crippen LogP contribution >= 0.6 is 7.82 Å². The average Bonchev–Trinajstić information content (AvgIpc) is 2.79. The number of fused-ring (bicyclic) bond motifs is 1. The van der Waals surface area contributed by atoms with E-state index in [4.69, 9.17) is 24.5 Å². The number of aliphatic imine (C=N–C) groups is 1. The van der Waals surface area contributed by atoms with Crippen LogP contribution in [0.4, 0.5) is 11.5 Å². The number of phosphoric ester groups is 1. The monoisotopic (exact) mass is 472 g/mol. The lowest BCUT2D eigenvalue weighted by molar-refractivity contribution is 0.0233. The van der Waals surface area contributed by atoms with E-state index in [-0.39, 0.29) is 5.92 Å². The maximum atomic E-state index is 11.4. The second kappa shape index (κ2) is 8.47. The number of anilines is 1. The normalized spacial score (nSPS) is 31.2. The summed E-state index contributed by atoms with van der Waals surface area (Å²) < 4.78 is 27.5. The molecule has 9 nitrogen and oxygen atoms in total. The highest BCUT2D eigenvalue weighted by Crippen LogP contribution is 2.50. The number of hydrogen-bond acceptors (Lipinski definition) is 8. The number of aromatic nitrogens is 2. The Labute approximate surface area is 193 Å². The molecule has 2 aromatic rings. The summed E-state index contributed by atoms with van der Waals surface area (Å²) in [5, 5.41) is 0. The van der Waals surface area contributed by atoms with Crippen molar-refractivity contribution in [3.63, 3.8) is 0 Å². The van der Waals surface area contributed by atoms with Crippen LogP contribution in [0.15, 0.2) is 35.6 Å². The van der Waals surface area contributed by atoms with Crippen LogP contribution in [-0.4, -0.2) is 39.4 Å². The molecular formula is C23H29N4O5P. The molecule has 0 atom stereocenters. The minimum absolute atomic E-state index is 0.188. The van der Waals surface area contributed by atoms with Crippen molar-refractivity contribution in [1.29, 1.82) is 0 Å². The van der Waals surface area contributed by atoms with Crippen molar-refractivity contribution in [1.82, 2.24) is 9.97 Å². The fourth-order valence-electron chi connectivity index (χ4n) is 5.08. The Hall–Kier alpha value is -2.32. The zero-order valence-electron chi connectivity index (χ0n) is 18.8. The summed E-state index contributed by atoms with van der Waals surface area (Å²) in [6.45, 7) is 4.54. The first-order valence-corrected chi connectivity index (χ1v) is 12.8. The number of ether oxygens (including phenoxy) is 1. The van der Waals surface area contributed by atoms with Gasteiger partial charge in [0.1, 0.15) is 11.9 Å². The van der Waals surface area contributed by atoms with E-state index in [0.29, 0.717) is 42.4 Å². The zero-order chi connectivity index (χ0) is 23.2. The molecule has 0 amide bonds. The van der Waals surface area contributed by atoms with Gasteiger partial charge >= 0.3 is 7.82 Å². The molecule has 5 rings (SSSR count). The van der Waals surface area contributed by atoms with Crippen LogP contribution in [0.2, 0.25) is 0 Å². The molecule has 2 fully saturated rings. The molecule has 2 aliphatic heterocycles. The van der Waals surface area contributed by atoms with Gasteiger partial charge < -0.3 is 15.4 Å². The molecule has 0 radical (unpaired) electrons. The van der Waals surface area contributed by atoms with E-state index in [1.807, 2.05) is 13.8 Å². The van der Waals surface area contributed by atoms with E-state index in [1.54, 1.807) is 0 Å². The molecule has 3 aliphatic rings. The van der Waals surface area contributed by atoms with Crippen molar-refractivity contribution in [2.24, 2.45) is 16.8 Å². The lowest BCUT2D eigenvalue weighted by atomic mass is 9.74. The van der Waals surface area contributed by atoms with Gasteiger partial charge in [0.25, 0.3) is 0 Å². The Morgan fingerprint density at radius 2 is 1.70 bits per heavy atom. The molecule has 3 N–H and O–H groups in total. The molecule has 176 valence electrons. The van der Waals surface area contributed by atoms with Crippen LogP contribution in [0.1, 0.15) is 56.6 Å². The topological polar surface area (TPSA) is 129 Å². The minimum Gasteiger partial charge on any atom is -0.463 e. The fraction of sp³-hybridized carbons (Fsp3) is 0.522.